The molecule has 22 heavy (non-hydrogen) atoms. The molecule has 0 bridgehead atoms. The van der Waals surface area contributed by atoms with E-state index in [-0.39, 0.29) is 0 Å². The Balaban J connectivity index is 1.69. The van der Waals surface area contributed by atoms with Gasteiger partial charge in [-0.15, -0.1) is 0 Å². The molecular formula is C16H25N3O3. The molecule has 1 aromatic rings. The lowest BCUT2D eigenvalue weighted by Crippen LogP contribution is -2.60. The predicted octanol–water partition coefficient (Wildman–Crippen LogP) is 1.00. The van der Waals surface area contributed by atoms with E-state index in [4.69, 9.17) is 14.2 Å². The van der Waals surface area contributed by atoms with Crippen molar-refractivity contribution in [1.29, 1.82) is 0 Å². The summed E-state index contributed by atoms with van der Waals surface area (Å²) in [6.07, 6.45) is 1.78. The van der Waals surface area contributed by atoms with Gasteiger partial charge in [-0.25, -0.2) is 0 Å². The highest BCUT2D eigenvalue weighted by atomic mass is 16.5. The van der Waals surface area contributed by atoms with Gasteiger partial charge in [0.1, 0.15) is 5.69 Å². The van der Waals surface area contributed by atoms with Crippen LogP contribution >= 0.6 is 0 Å². The zero-order valence-electron chi connectivity index (χ0n) is 13.6. The summed E-state index contributed by atoms with van der Waals surface area (Å²) in [6.45, 7) is 7.83. The van der Waals surface area contributed by atoms with Crippen molar-refractivity contribution in [3.05, 3.63) is 18.0 Å². The minimum Gasteiger partial charge on any atom is -0.493 e. The third-order valence-corrected chi connectivity index (χ3v) is 4.59. The van der Waals surface area contributed by atoms with Gasteiger partial charge in [-0.2, -0.15) is 0 Å². The molecule has 0 aromatic carbocycles. The number of fused-ring (bicyclic) bond motifs is 1. The van der Waals surface area contributed by atoms with Crippen molar-refractivity contribution in [2.24, 2.45) is 0 Å². The average molecular weight is 307 g/mol. The number of morpholine rings is 1. The highest BCUT2D eigenvalue weighted by Gasteiger charge is 2.33. The fourth-order valence-electron chi connectivity index (χ4n) is 3.45. The second kappa shape index (κ2) is 6.81. The van der Waals surface area contributed by atoms with E-state index in [0.717, 1.165) is 56.6 Å². The predicted molar refractivity (Wildman–Crippen MR) is 83.4 cm³/mol. The van der Waals surface area contributed by atoms with Crippen molar-refractivity contribution in [1.82, 2.24) is 14.8 Å². The molecule has 6 nitrogen and oxygen atoms in total. The van der Waals surface area contributed by atoms with Gasteiger partial charge in [0.05, 0.1) is 27.4 Å². The van der Waals surface area contributed by atoms with Gasteiger partial charge in [0.2, 0.25) is 0 Å². The monoisotopic (exact) mass is 307 g/mol. The molecular weight excluding hydrogens is 282 g/mol. The van der Waals surface area contributed by atoms with Crippen molar-refractivity contribution in [2.45, 2.75) is 25.6 Å². The van der Waals surface area contributed by atoms with E-state index in [9.17, 15) is 0 Å². The Bertz CT molecular complexity index is 511. The number of methoxy groups -OCH3 is 2. The minimum absolute atomic E-state index is 0.481. The van der Waals surface area contributed by atoms with E-state index in [0.29, 0.717) is 12.1 Å². The minimum atomic E-state index is 0.481. The topological polar surface area (TPSA) is 47.1 Å². The van der Waals surface area contributed by atoms with Gasteiger partial charge in [0.15, 0.2) is 11.5 Å². The molecule has 0 saturated carbocycles. The number of piperazine rings is 1. The zero-order chi connectivity index (χ0) is 15.5. The molecule has 2 aliphatic heterocycles. The van der Waals surface area contributed by atoms with E-state index in [2.05, 4.69) is 21.7 Å². The lowest BCUT2D eigenvalue weighted by Gasteiger charge is -2.47. The van der Waals surface area contributed by atoms with Crippen LogP contribution in [0.4, 0.5) is 0 Å². The van der Waals surface area contributed by atoms with Gasteiger partial charge in [-0.3, -0.25) is 14.8 Å². The molecule has 2 atom stereocenters. The van der Waals surface area contributed by atoms with Gasteiger partial charge in [-0.05, 0) is 6.92 Å². The summed E-state index contributed by atoms with van der Waals surface area (Å²) >= 11 is 0. The Morgan fingerprint density at radius 3 is 2.91 bits per heavy atom. The van der Waals surface area contributed by atoms with Crippen LogP contribution < -0.4 is 9.47 Å². The largest absolute Gasteiger partial charge is 0.493 e. The summed E-state index contributed by atoms with van der Waals surface area (Å²) < 4.78 is 16.5. The Morgan fingerprint density at radius 2 is 2.14 bits per heavy atom. The maximum atomic E-state index is 5.70. The van der Waals surface area contributed by atoms with Crippen LogP contribution in [0.2, 0.25) is 0 Å². The summed E-state index contributed by atoms with van der Waals surface area (Å²) in [6, 6.07) is 2.83. The number of ether oxygens (including phenoxy) is 3. The third-order valence-electron chi connectivity index (χ3n) is 4.59. The fourth-order valence-corrected chi connectivity index (χ4v) is 3.45. The van der Waals surface area contributed by atoms with E-state index in [1.54, 1.807) is 20.4 Å². The molecule has 0 N–H and O–H groups in total. The molecule has 0 unspecified atom stereocenters. The Kier molecular flexibility index (Phi) is 4.81. The SMILES string of the molecule is COc1ccnc(CN2CCN3[C@@H](COC[C@@H]3C)C2)c1OC. The van der Waals surface area contributed by atoms with E-state index < -0.39 is 0 Å². The summed E-state index contributed by atoms with van der Waals surface area (Å²) in [5.74, 6) is 1.47. The van der Waals surface area contributed by atoms with Crippen LogP contribution in [-0.2, 0) is 11.3 Å². The van der Waals surface area contributed by atoms with Crippen LogP contribution in [0.5, 0.6) is 11.5 Å². The highest BCUT2D eigenvalue weighted by molar-refractivity contribution is 5.42. The van der Waals surface area contributed by atoms with Crippen molar-refractivity contribution in [2.75, 3.05) is 47.1 Å². The smallest absolute Gasteiger partial charge is 0.183 e. The van der Waals surface area contributed by atoms with Gasteiger partial charge in [0.25, 0.3) is 0 Å². The van der Waals surface area contributed by atoms with E-state index >= 15 is 0 Å². The zero-order valence-corrected chi connectivity index (χ0v) is 13.6. The van der Waals surface area contributed by atoms with Gasteiger partial charge >= 0.3 is 0 Å². The molecule has 3 heterocycles. The third kappa shape index (κ3) is 3.04. The van der Waals surface area contributed by atoms with Crippen molar-refractivity contribution in [3.63, 3.8) is 0 Å². The lowest BCUT2D eigenvalue weighted by molar-refractivity contribution is -0.0768. The van der Waals surface area contributed by atoms with Gasteiger partial charge < -0.3 is 14.2 Å². The second-order valence-electron chi connectivity index (χ2n) is 6.01. The number of hydrogen-bond acceptors (Lipinski definition) is 6. The van der Waals surface area contributed by atoms with Crippen molar-refractivity contribution < 1.29 is 14.2 Å². The molecule has 0 radical (unpaired) electrons. The van der Waals surface area contributed by atoms with Crippen molar-refractivity contribution in [3.8, 4) is 11.5 Å². The number of aromatic nitrogens is 1. The van der Waals surface area contributed by atoms with Gasteiger partial charge in [-0.1, -0.05) is 0 Å². The summed E-state index contributed by atoms with van der Waals surface area (Å²) in [5.41, 5.74) is 0.931. The summed E-state index contributed by atoms with van der Waals surface area (Å²) in [4.78, 5) is 9.47. The quantitative estimate of drug-likeness (QED) is 0.827. The number of pyridine rings is 1. The molecule has 0 spiro atoms. The first-order chi connectivity index (χ1) is 10.7. The standard InChI is InChI=1S/C16H25N3O3/c1-12-10-22-11-13-8-18(6-7-19(12)13)9-14-16(21-3)15(20-2)4-5-17-14/h4-5,12-13H,6-11H2,1-3H3/t12-,13+/m0/s1. The molecule has 2 aliphatic rings. The molecule has 2 fully saturated rings. The van der Waals surface area contributed by atoms with Crippen LogP contribution in [0.15, 0.2) is 12.3 Å². The number of hydrogen-bond donors (Lipinski definition) is 0. The first-order valence-corrected chi connectivity index (χ1v) is 7.84. The lowest BCUT2D eigenvalue weighted by atomic mass is 10.1. The maximum Gasteiger partial charge on any atom is 0.183 e. The van der Waals surface area contributed by atoms with E-state index in [1.807, 2.05) is 6.07 Å². The molecule has 0 amide bonds. The summed E-state index contributed by atoms with van der Waals surface area (Å²) in [7, 11) is 3.32. The average Bonchev–Trinajstić information content (AvgIpc) is 2.54. The van der Waals surface area contributed by atoms with Crippen LogP contribution in [0.1, 0.15) is 12.6 Å². The maximum absolute atomic E-state index is 5.70. The fraction of sp³-hybridized carbons (Fsp3) is 0.688. The van der Waals surface area contributed by atoms with Crippen molar-refractivity contribution >= 4 is 0 Å². The molecule has 0 aliphatic carbocycles. The van der Waals surface area contributed by atoms with Crippen LogP contribution in [0, 0.1) is 0 Å². The Labute approximate surface area is 132 Å². The summed E-state index contributed by atoms with van der Waals surface area (Å²) in [5, 5.41) is 0. The number of rotatable bonds is 4. The molecule has 1 aromatic heterocycles. The Hall–Kier alpha value is -1.37. The highest BCUT2D eigenvalue weighted by Crippen LogP contribution is 2.30. The van der Waals surface area contributed by atoms with Crippen LogP contribution in [0.3, 0.4) is 0 Å². The van der Waals surface area contributed by atoms with Crippen LogP contribution in [0.25, 0.3) is 0 Å². The molecule has 6 heteroatoms. The Morgan fingerprint density at radius 1 is 1.27 bits per heavy atom. The first-order valence-electron chi connectivity index (χ1n) is 7.84. The molecule has 3 rings (SSSR count). The van der Waals surface area contributed by atoms with E-state index in [1.165, 1.54) is 0 Å². The number of nitrogens with zero attached hydrogens (tertiary/aromatic N) is 3. The van der Waals surface area contributed by atoms with Crippen LogP contribution in [-0.4, -0.2) is 73.9 Å². The second-order valence-corrected chi connectivity index (χ2v) is 6.01. The molecule has 2 saturated heterocycles. The normalized spacial score (nSPS) is 26.5. The first kappa shape index (κ1) is 15.5. The van der Waals surface area contributed by atoms with Gasteiger partial charge in [0, 0.05) is 50.5 Å². The molecule has 122 valence electrons.